The van der Waals surface area contributed by atoms with Gasteiger partial charge in [-0.1, -0.05) is 39.0 Å². The molecular formula is C15H16O3S. The van der Waals surface area contributed by atoms with Gasteiger partial charge in [0.1, 0.15) is 16.4 Å². The van der Waals surface area contributed by atoms with Crippen molar-refractivity contribution in [2.45, 2.75) is 26.2 Å². The topological polar surface area (TPSA) is 46.5 Å². The van der Waals surface area contributed by atoms with Crippen molar-refractivity contribution in [2.75, 3.05) is 0 Å². The maximum Gasteiger partial charge on any atom is 0.346 e. The molecule has 2 aromatic rings. The zero-order valence-electron chi connectivity index (χ0n) is 11.1. The van der Waals surface area contributed by atoms with Gasteiger partial charge in [0.05, 0.1) is 0 Å². The molecule has 4 heteroatoms. The van der Waals surface area contributed by atoms with Gasteiger partial charge in [-0.3, -0.25) is 0 Å². The van der Waals surface area contributed by atoms with Gasteiger partial charge < -0.3 is 9.84 Å². The fraction of sp³-hybridized carbons (Fsp3) is 0.267. The highest BCUT2D eigenvalue weighted by Gasteiger charge is 2.19. The molecule has 0 fully saturated rings. The highest BCUT2D eigenvalue weighted by atomic mass is 32.1. The molecule has 0 radical (unpaired) electrons. The van der Waals surface area contributed by atoms with Gasteiger partial charge in [0.25, 0.3) is 0 Å². The summed E-state index contributed by atoms with van der Waals surface area (Å²) in [4.78, 5) is 11.1. The molecule has 0 spiro atoms. The number of hydrogen-bond donors (Lipinski definition) is 1. The predicted molar refractivity (Wildman–Crippen MR) is 76.5 cm³/mol. The lowest BCUT2D eigenvalue weighted by molar-refractivity contribution is 0.0702. The minimum atomic E-state index is -0.927. The van der Waals surface area contributed by atoms with E-state index in [0.29, 0.717) is 5.75 Å². The Morgan fingerprint density at radius 2 is 1.95 bits per heavy atom. The van der Waals surface area contributed by atoms with Crippen LogP contribution in [0, 0.1) is 0 Å². The second kappa shape index (κ2) is 5.05. The normalized spacial score (nSPS) is 11.3. The summed E-state index contributed by atoms with van der Waals surface area (Å²) in [6, 6.07) is 9.36. The Hall–Kier alpha value is -1.81. The predicted octanol–water partition coefficient (Wildman–Crippen LogP) is 4.54. The van der Waals surface area contributed by atoms with Crippen molar-refractivity contribution in [1.29, 1.82) is 0 Å². The third kappa shape index (κ3) is 3.15. The minimum Gasteiger partial charge on any atom is -0.477 e. The van der Waals surface area contributed by atoms with Crippen LogP contribution in [-0.4, -0.2) is 11.1 Å². The van der Waals surface area contributed by atoms with E-state index in [0.717, 1.165) is 11.3 Å². The number of hydrogen-bond acceptors (Lipinski definition) is 3. The molecule has 0 atom stereocenters. The van der Waals surface area contributed by atoms with Crippen molar-refractivity contribution in [3.05, 3.63) is 46.2 Å². The number of thiophene rings is 1. The molecule has 0 saturated heterocycles. The van der Waals surface area contributed by atoms with Crippen molar-refractivity contribution < 1.29 is 14.6 Å². The van der Waals surface area contributed by atoms with Crippen molar-refractivity contribution in [1.82, 2.24) is 0 Å². The molecule has 2 rings (SSSR count). The van der Waals surface area contributed by atoms with Gasteiger partial charge in [-0.25, -0.2) is 4.79 Å². The number of carboxylic acid groups (broad SMARTS) is 1. The Kier molecular flexibility index (Phi) is 3.62. The molecule has 0 aliphatic rings. The van der Waals surface area contributed by atoms with Gasteiger partial charge in [0.2, 0.25) is 0 Å². The van der Waals surface area contributed by atoms with E-state index in [4.69, 9.17) is 9.84 Å². The smallest absolute Gasteiger partial charge is 0.346 e. The average Bonchev–Trinajstić information content (AvgIpc) is 2.77. The monoisotopic (exact) mass is 276 g/mol. The quantitative estimate of drug-likeness (QED) is 0.895. The van der Waals surface area contributed by atoms with E-state index in [9.17, 15) is 4.79 Å². The van der Waals surface area contributed by atoms with E-state index in [-0.39, 0.29) is 10.3 Å². The van der Waals surface area contributed by atoms with Crippen molar-refractivity contribution in [2.24, 2.45) is 0 Å². The molecule has 19 heavy (non-hydrogen) atoms. The number of carbonyl (C=O) groups is 1. The van der Waals surface area contributed by atoms with E-state index in [1.165, 1.54) is 11.3 Å². The van der Waals surface area contributed by atoms with Crippen molar-refractivity contribution >= 4 is 17.3 Å². The molecule has 1 aromatic carbocycles. The van der Waals surface area contributed by atoms with Crippen LogP contribution in [0.25, 0.3) is 0 Å². The lowest BCUT2D eigenvalue weighted by Crippen LogP contribution is -2.12. The Bertz CT molecular complexity index is 593. The number of aromatic carboxylic acids is 1. The Balaban J connectivity index is 2.30. The number of benzene rings is 1. The number of ether oxygens (including phenoxy) is 1. The van der Waals surface area contributed by atoms with E-state index < -0.39 is 5.97 Å². The molecule has 0 saturated carbocycles. The van der Waals surface area contributed by atoms with E-state index in [1.54, 1.807) is 11.4 Å². The van der Waals surface area contributed by atoms with Gasteiger partial charge in [0.15, 0.2) is 0 Å². The summed E-state index contributed by atoms with van der Waals surface area (Å²) in [6.45, 7) is 6.35. The Labute approximate surface area is 116 Å². The molecule has 1 aromatic heterocycles. The van der Waals surface area contributed by atoms with Crippen LogP contribution < -0.4 is 4.74 Å². The van der Waals surface area contributed by atoms with Gasteiger partial charge >= 0.3 is 5.97 Å². The maximum absolute atomic E-state index is 10.8. The Morgan fingerprint density at radius 3 is 2.53 bits per heavy atom. The van der Waals surface area contributed by atoms with Gasteiger partial charge in [-0.05, 0) is 11.5 Å². The third-order valence-electron chi connectivity index (χ3n) is 2.71. The standard InChI is InChI=1S/C15H16O3S/c1-15(2,3)11-6-4-5-7-12(11)18-10-8-13(14(16)17)19-9-10/h4-9H,1-3H3,(H,16,17). The van der Waals surface area contributed by atoms with Crippen LogP contribution in [0.2, 0.25) is 0 Å². The summed E-state index contributed by atoms with van der Waals surface area (Å²) < 4.78 is 5.81. The summed E-state index contributed by atoms with van der Waals surface area (Å²) >= 11 is 1.17. The van der Waals surface area contributed by atoms with Crippen molar-refractivity contribution in [3.63, 3.8) is 0 Å². The fourth-order valence-corrected chi connectivity index (χ4v) is 2.43. The molecule has 0 aliphatic carbocycles. The molecule has 0 amide bonds. The first-order valence-electron chi connectivity index (χ1n) is 5.97. The summed E-state index contributed by atoms with van der Waals surface area (Å²) in [7, 11) is 0. The van der Waals surface area contributed by atoms with E-state index >= 15 is 0 Å². The van der Waals surface area contributed by atoms with Crippen LogP contribution in [0.15, 0.2) is 35.7 Å². The van der Waals surface area contributed by atoms with Crippen LogP contribution in [0.3, 0.4) is 0 Å². The number of rotatable bonds is 3. The lowest BCUT2D eigenvalue weighted by Gasteiger charge is -2.22. The Morgan fingerprint density at radius 1 is 1.26 bits per heavy atom. The summed E-state index contributed by atoms with van der Waals surface area (Å²) in [6.07, 6.45) is 0. The lowest BCUT2D eigenvalue weighted by atomic mass is 9.86. The highest BCUT2D eigenvalue weighted by Crippen LogP contribution is 2.35. The van der Waals surface area contributed by atoms with Gasteiger partial charge in [-0.2, -0.15) is 0 Å². The molecule has 0 aliphatic heterocycles. The van der Waals surface area contributed by atoms with E-state index in [2.05, 4.69) is 20.8 Å². The second-order valence-corrected chi connectivity index (χ2v) is 6.21. The van der Waals surface area contributed by atoms with Crippen LogP contribution in [0.4, 0.5) is 0 Å². The molecule has 0 unspecified atom stereocenters. The first kappa shape index (κ1) is 13.6. The zero-order valence-corrected chi connectivity index (χ0v) is 12.0. The SMILES string of the molecule is CC(C)(C)c1ccccc1Oc1csc(C(=O)O)c1. The molecule has 1 heterocycles. The first-order valence-corrected chi connectivity index (χ1v) is 6.85. The molecule has 3 nitrogen and oxygen atoms in total. The molecule has 100 valence electrons. The van der Waals surface area contributed by atoms with Gasteiger partial charge in [0, 0.05) is 17.0 Å². The van der Waals surface area contributed by atoms with Crippen molar-refractivity contribution in [3.8, 4) is 11.5 Å². The first-order chi connectivity index (χ1) is 8.88. The van der Waals surface area contributed by atoms with Crippen LogP contribution in [0.5, 0.6) is 11.5 Å². The maximum atomic E-state index is 10.8. The highest BCUT2D eigenvalue weighted by molar-refractivity contribution is 7.12. The largest absolute Gasteiger partial charge is 0.477 e. The molecule has 0 bridgehead atoms. The number of para-hydroxylation sites is 1. The van der Waals surface area contributed by atoms with Gasteiger partial charge in [-0.15, -0.1) is 11.3 Å². The third-order valence-corrected chi connectivity index (χ3v) is 3.61. The fourth-order valence-electron chi connectivity index (χ4n) is 1.79. The molecule has 1 N–H and O–H groups in total. The van der Waals surface area contributed by atoms with Crippen LogP contribution in [0.1, 0.15) is 36.0 Å². The number of carboxylic acids is 1. The van der Waals surface area contributed by atoms with Crippen LogP contribution in [-0.2, 0) is 5.41 Å². The summed E-state index contributed by atoms with van der Waals surface area (Å²) in [5, 5.41) is 10.6. The van der Waals surface area contributed by atoms with Crippen LogP contribution >= 0.6 is 11.3 Å². The zero-order chi connectivity index (χ0) is 14.0. The second-order valence-electron chi connectivity index (χ2n) is 5.30. The minimum absolute atomic E-state index is 0.0256. The average molecular weight is 276 g/mol. The summed E-state index contributed by atoms with van der Waals surface area (Å²) in [5.41, 5.74) is 1.07. The van der Waals surface area contributed by atoms with E-state index in [1.807, 2.05) is 24.3 Å². The molecular weight excluding hydrogens is 260 g/mol. The summed E-state index contributed by atoms with van der Waals surface area (Å²) in [5.74, 6) is 0.410.